The van der Waals surface area contributed by atoms with Crippen molar-refractivity contribution >= 4 is 6.09 Å². The largest absolute Gasteiger partial charge is 0.445 e. The standard InChI is InChI=1S/C19H30N2O2/c1-19(2,3)21(13-8-5-9-14-21)15-12-20-18(22)23-16-17-10-6-4-7-11-17/h4,6-7,10-11H,5,8-9,12-16H2,1-3H3/p+1. The van der Waals surface area contributed by atoms with Gasteiger partial charge in [-0.25, -0.2) is 4.79 Å². The first-order valence-corrected chi connectivity index (χ1v) is 8.74. The van der Waals surface area contributed by atoms with Gasteiger partial charge in [0.2, 0.25) is 0 Å². The summed E-state index contributed by atoms with van der Waals surface area (Å²) in [4.78, 5) is 11.9. The number of rotatable bonds is 5. The topological polar surface area (TPSA) is 38.3 Å². The van der Waals surface area contributed by atoms with Gasteiger partial charge in [-0.15, -0.1) is 0 Å². The zero-order valence-electron chi connectivity index (χ0n) is 14.8. The zero-order valence-corrected chi connectivity index (χ0v) is 14.8. The minimum absolute atomic E-state index is 0.218. The van der Waals surface area contributed by atoms with Crippen LogP contribution in [-0.2, 0) is 11.3 Å². The van der Waals surface area contributed by atoms with E-state index in [1.54, 1.807) is 0 Å². The quantitative estimate of drug-likeness (QED) is 0.840. The van der Waals surface area contributed by atoms with Crippen LogP contribution in [0.15, 0.2) is 30.3 Å². The molecule has 1 fully saturated rings. The van der Waals surface area contributed by atoms with Crippen molar-refractivity contribution in [3.8, 4) is 0 Å². The number of amides is 1. The predicted octanol–water partition coefficient (Wildman–Crippen LogP) is 3.71. The van der Waals surface area contributed by atoms with E-state index in [-0.39, 0.29) is 11.6 Å². The molecule has 4 nitrogen and oxygen atoms in total. The summed E-state index contributed by atoms with van der Waals surface area (Å²) in [7, 11) is 0. The van der Waals surface area contributed by atoms with Gasteiger partial charge in [-0.1, -0.05) is 30.3 Å². The molecule has 0 unspecified atom stereocenters. The predicted molar refractivity (Wildman–Crippen MR) is 93.1 cm³/mol. The van der Waals surface area contributed by atoms with Crippen LogP contribution in [0, 0.1) is 0 Å². The van der Waals surface area contributed by atoms with Crippen LogP contribution in [0.1, 0.15) is 45.6 Å². The summed E-state index contributed by atoms with van der Waals surface area (Å²) in [6, 6.07) is 9.77. The van der Waals surface area contributed by atoms with Crippen molar-refractivity contribution < 1.29 is 14.0 Å². The number of benzene rings is 1. The molecule has 0 atom stereocenters. The molecule has 0 aliphatic carbocycles. The molecule has 0 aromatic heterocycles. The number of piperidine rings is 1. The maximum Gasteiger partial charge on any atom is 0.407 e. The molecule has 1 saturated heterocycles. The summed E-state index contributed by atoms with van der Waals surface area (Å²) >= 11 is 0. The number of carbonyl (C=O) groups is 1. The van der Waals surface area contributed by atoms with Gasteiger partial charge in [-0.05, 0) is 45.6 Å². The van der Waals surface area contributed by atoms with Crippen LogP contribution in [0.5, 0.6) is 0 Å². The highest BCUT2D eigenvalue weighted by atomic mass is 16.5. The molecule has 128 valence electrons. The molecule has 0 saturated carbocycles. The lowest BCUT2D eigenvalue weighted by Crippen LogP contribution is -2.64. The van der Waals surface area contributed by atoms with Crippen molar-refractivity contribution in [2.75, 3.05) is 26.2 Å². The Morgan fingerprint density at radius 1 is 1.13 bits per heavy atom. The average Bonchev–Trinajstić information content (AvgIpc) is 2.54. The summed E-state index contributed by atoms with van der Waals surface area (Å²) in [5.41, 5.74) is 1.23. The fourth-order valence-electron chi connectivity index (χ4n) is 3.49. The molecule has 1 aromatic carbocycles. The van der Waals surface area contributed by atoms with E-state index in [9.17, 15) is 4.79 Å². The molecule has 1 heterocycles. The van der Waals surface area contributed by atoms with Crippen LogP contribution in [0.4, 0.5) is 4.79 Å². The highest BCUT2D eigenvalue weighted by molar-refractivity contribution is 5.67. The Morgan fingerprint density at radius 2 is 1.78 bits per heavy atom. The molecule has 2 rings (SSSR count). The van der Waals surface area contributed by atoms with Crippen molar-refractivity contribution in [1.82, 2.24) is 5.32 Å². The fourth-order valence-corrected chi connectivity index (χ4v) is 3.49. The average molecular weight is 319 g/mol. The van der Waals surface area contributed by atoms with E-state index >= 15 is 0 Å². The molecule has 0 radical (unpaired) electrons. The van der Waals surface area contributed by atoms with E-state index < -0.39 is 0 Å². The lowest BCUT2D eigenvalue weighted by atomic mass is 9.95. The van der Waals surface area contributed by atoms with E-state index in [2.05, 4.69) is 26.1 Å². The minimum atomic E-state index is -0.321. The number of hydrogen-bond acceptors (Lipinski definition) is 2. The van der Waals surface area contributed by atoms with E-state index in [4.69, 9.17) is 4.74 Å². The van der Waals surface area contributed by atoms with Gasteiger partial charge in [0.05, 0.1) is 31.7 Å². The van der Waals surface area contributed by atoms with E-state index in [0.717, 1.165) is 16.6 Å². The number of nitrogens with one attached hydrogen (secondary N) is 1. The van der Waals surface area contributed by atoms with Gasteiger partial charge in [0.25, 0.3) is 0 Å². The van der Waals surface area contributed by atoms with Gasteiger partial charge in [0, 0.05) is 0 Å². The first-order valence-electron chi connectivity index (χ1n) is 8.74. The van der Waals surface area contributed by atoms with E-state index in [1.807, 2.05) is 30.3 Å². The van der Waals surface area contributed by atoms with Gasteiger partial charge in [-0.3, -0.25) is 0 Å². The molecule has 1 aliphatic heterocycles. The monoisotopic (exact) mass is 319 g/mol. The molecule has 4 heteroatoms. The number of hydrogen-bond donors (Lipinski definition) is 1. The van der Waals surface area contributed by atoms with Gasteiger partial charge in [-0.2, -0.15) is 0 Å². The third kappa shape index (κ3) is 4.96. The maximum absolute atomic E-state index is 11.9. The van der Waals surface area contributed by atoms with Crippen LogP contribution in [0.3, 0.4) is 0 Å². The number of quaternary nitrogens is 1. The molecule has 0 spiro atoms. The lowest BCUT2D eigenvalue weighted by molar-refractivity contribution is -0.973. The van der Waals surface area contributed by atoms with Crippen LogP contribution < -0.4 is 5.32 Å². The number of alkyl carbamates (subject to hydrolysis) is 1. The summed E-state index contributed by atoms with van der Waals surface area (Å²) in [6.07, 6.45) is 3.59. The van der Waals surface area contributed by atoms with Crippen molar-refractivity contribution in [1.29, 1.82) is 0 Å². The second-order valence-corrected chi connectivity index (χ2v) is 7.54. The van der Waals surface area contributed by atoms with Crippen molar-refractivity contribution in [3.05, 3.63) is 35.9 Å². The Kier molecular flexibility index (Phi) is 6.05. The summed E-state index contributed by atoms with van der Waals surface area (Å²) in [6.45, 7) is 11.3. The highest BCUT2D eigenvalue weighted by Crippen LogP contribution is 2.29. The number of likely N-dealkylation sites (tertiary alicyclic amines) is 1. The lowest BCUT2D eigenvalue weighted by Gasteiger charge is -2.51. The summed E-state index contributed by atoms with van der Waals surface area (Å²) in [5, 5.41) is 2.92. The van der Waals surface area contributed by atoms with Crippen LogP contribution in [-0.4, -0.2) is 42.3 Å². The SMILES string of the molecule is CC(C)(C)[N+]1(CCNC(=O)OCc2ccccc2)CCCCC1. The zero-order chi connectivity index (χ0) is 16.8. The number of nitrogens with zero attached hydrogens (tertiary/aromatic N) is 1. The third-order valence-electron chi connectivity index (χ3n) is 5.12. The Labute approximate surface area is 140 Å². The van der Waals surface area contributed by atoms with Crippen molar-refractivity contribution in [2.45, 2.75) is 52.2 Å². The molecular formula is C19H31N2O2+. The van der Waals surface area contributed by atoms with Gasteiger partial charge in [0.1, 0.15) is 6.61 Å². The maximum atomic E-state index is 11.9. The van der Waals surface area contributed by atoms with Gasteiger partial charge < -0.3 is 14.5 Å². The first kappa shape index (κ1) is 17.8. The van der Waals surface area contributed by atoms with Crippen LogP contribution >= 0.6 is 0 Å². The molecule has 23 heavy (non-hydrogen) atoms. The number of carbonyl (C=O) groups excluding carboxylic acids is 1. The van der Waals surface area contributed by atoms with E-state index in [1.165, 1.54) is 32.4 Å². The van der Waals surface area contributed by atoms with Crippen LogP contribution in [0.2, 0.25) is 0 Å². The first-order chi connectivity index (χ1) is 10.9. The Bertz CT molecular complexity index is 488. The Hall–Kier alpha value is -1.55. The van der Waals surface area contributed by atoms with E-state index in [0.29, 0.717) is 13.2 Å². The van der Waals surface area contributed by atoms with Gasteiger partial charge in [0.15, 0.2) is 0 Å². The molecule has 0 bridgehead atoms. The second-order valence-electron chi connectivity index (χ2n) is 7.54. The second kappa shape index (κ2) is 7.82. The van der Waals surface area contributed by atoms with Crippen LogP contribution in [0.25, 0.3) is 0 Å². The smallest absolute Gasteiger partial charge is 0.407 e. The summed E-state index contributed by atoms with van der Waals surface area (Å²) < 4.78 is 6.37. The van der Waals surface area contributed by atoms with Gasteiger partial charge >= 0.3 is 6.09 Å². The molecule has 1 aliphatic rings. The fraction of sp³-hybridized carbons (Fsp3) is 0.632. The Morgan fingerprint density at radius 3 is 2.39 bits per heavy atom. The molecule has 1 aromatic rings. The minimum Gasteiger partial charge on any atom is -0.445 e. The molecule has 1 amide bonds. The summed E-state index contributed by atoms with van der Waals surface area (Å²) in [5.74, 6) is 0. The molecular weight excluding hydrogens is 288 g/mol. The highest BCUT2D eigenvalue weighted by Gasteiger charge is 2.40. The number of ether oxygens (including phenoxy) is 1. The third-order valence-corrected chi connectivity index (χ3v) is 5.12. The normalized spacial score (nSPS) is 17.5. The Balaban J connectivity index is 1.77. The van der Waals surface area contributed by atoms with Crippen molar-refractivity contribution in [3.63, 3.8) is 0 Å². The van der Waals surface area contributed by atoms with Crippen molar-refractivity contribution in [2.24, 2.45) is 0 Å². The molecule has 1 N–H and O–H groups in total.